The highest BCUT2D eigenvalue weighted by Crippen LogP contribution is 2.28. The maximum absolute atomic E-state index is 13.1. The fraction of sp³-hybridized carbons (Fsp3) is 0.318. The fourth-order valence-corrected chi connectivity index (χ4v) is 3.32. The molecule has 1 heterocycles. The zero-order valence-electron chi connectivity index (χ0n) is 17.4. The Morgan fingerprint density at radius 2 is 1.70 bits per heavy atom. The van der Waals surface area contributed by atoms with Crippen LogP contribution < -0.4 is 4.74 Å². The summed E-state index contributed by atoms with van der Waals surface area (Å²) in [4.78, 5) is 28.3. The third-order valence-corrected chi connectivity index (χ3v) is 4.45. The van der Waals surface area contributed by atoms with E-state index in [1.54, 1.807) is 34.6 Å². The number of aryl methyl sites for hydroxylation is 4. The highest BCUT2D eigenvalue weighted by atomic mass is 19.3. The SMILES string of the molecule is CCOC(=O)c1c(C)[nH]c(C)c1C(=O)/C(C#N)=C/c1cc(C)c(OC(F)F)c(C)c1. The van der Waals surface area contributed by atoms with Crippen molar-refractivity contribution in [2.24, 2.45) is 0 Å². The van der Waals surface area contributed by atoms with Gasteiger partial charge in [-0.3, -0.25) is 4.79 Å². The number of halogens is 2. The molecule has 8 heteroatoms. The first kappa shape index (κ1) is 22.8. The minimum Gasteiger partial charge on any atom is -0.462 e. The van der Waals surface area contributed by atoms with Crippen LogP contribution in [0.2, 0.25) is 0 Å². The van der Waals surface area contributed by atoms with E-state index >= 15 is 0 Å². The highest BCUT2D eigenvalue weighted by Gasteiger charge is 2.27. The normalized spacial score (nSPS) is 11.4. The summed E-state index contributed by atoms with van der Waals surface area (Å²) < 4.78 is 34.7. The van der Waals surface area contributed by atoms with E-state index in [0.29, 0.717) is 28.1 Å². The molecule has 2 rings (SSSR count). The molecule has 1 N–H and O–H groups in total. The van der Waals surface area contributed by atoms with Crippen LogP contribution in [-0.4, -0.2) is 30.0 Å². The number of allylic oxidation sites excluding steroid dienone is 1. The van der Waals surface area contributed by atoms with Crippen molar-refractivity contribution in [2.45, 2.75) is 41.2 Å². The Balaban J connectivity index is 2.52. The Morgan fingerprint density at radius 1 is 1.13 bits per heavy atom. The Kier molecular flexibility index (Phi) is 7.11. The van der Waals surface area contributed by atoms with Gasteiger partial charge in [-0.2, -0.15) is 14.0 Å². The van der Waals surface area contributed by atoms with Gasteiger partial charge < -0.3 is 14.5 Å². The van der Waals surface area contributed by atoms with Crippen molar-refractivity contribution < 1.29 is 27.8 Å². The van der Waals surface area contributed by atoms with Crippen molar-refractivity contribution in [3.8, 4) is 11.8 Å². The fourth-order valence-electron chi connectivity index (χ4n) is 3.32. The number of nitriles is 1. The van der Waals surface area contributed by atoms with Gasteiger partial charge in [0.1, 0.15) is 17.4 Å². The average molecular weight is 416 g/mol. The predicted molar refractivity (Wildman–Crippen MR) is 107 cm³/mol. The largest absolute Gasteiger partial charge is 0.462 e. The average Bonchev–Trinajstić information content (AvgIpc) is 2.96. The van der Waals surface area contributed by atoms with Crippen molar-refractivity contribution >= 4 is 17.8 Å². The Labute approximate surface area is 173 Å². The highest BCUT2D eigenvalue weighted by molar-refractivity contribution is 6.19. The lowest BCUT2D eigenvalue weighted by Gasteiger charge is -2.12. The van der Waals surface area contributed by atoms with E-state index in [9.17, 15) is 23.6 Å². The maximum atomic E-state index is 13.1. The smallest absolute Gasteiger partial charge is 0.387 e. The number of aromatic amines is 1. The van der Waals surface area contributed by atoms with Gasteiger partial charge in [-0.05, 0) is 69.5 Å². The summed E-state index contributed by atoms with van der Waals surface area (Å²) in [5, 5.41) is 9.57. The van der Waals surface area contributed by atoms with Gasteiger partial charge in [0.25, 0.3) is 0 Å². The van der Waals surface area contributed by atoms with Crippen LogP contribution >= 0.6 is 0 Å². The number of hydrogen-bond donors (Lipinski definition) is 1. The molecule has 0 aliphatic carbocycles. The van der Waals surface area contributed by atoms with Gasteiger partial charge in [0.2, 0.25) is 5.78 Å². The van der Waals surface area contributed by atoms with Crippen LogP contribution in [0.25, 0.3) is 6.08 Å². The summed E-state index contributed by atoms with van der Waals surface area (Å²) in [7, 11) is 0. The number of ketones is 1. The molecular formula is C22H22F2N2O4. The first-order valence-corrected chi connectivity index (χ1v) is 9.19. The van der Waals surface area contributed by atoms with Crippen molar-refractivity contribution in [3.05, 3.63) is 56.9 Å². The Morgan fingerprint density at radius 3 is 2.20 bits per heavy atom. The Bertz CT molecular complexity index is 1040. The van der Waals surface area contributed by atoms with Gasteiger partial charge in [0.05, 0.1) is 17.7 Å². The van der Waals surface area contributed by atoms with Crippen LogP contribution in [0.4, 0.5) is 8.78 Å². The number of alkyl halides is 2. The monoisotopic (exact) mass is 416 g/mol. The number of ether oxygens (including phenoxy) is 2. The number of aromatic nitrogens is 1. The second-order valence-corrected chi connectivity index (χ2v) is 6.71. The minimum absolute atomic E-state index is 0.0497. The number of nitrogens with zero attached hydrogens (tertiary/aromatic N) is 1. The number of carbonyl (C=O) groups is 2. The van der Waals surface area contributed by atoms with Crippen LogP contribution in [0.5, 0.6) is 5.75 Å². The molecule has 1 aromatic heterocycles. The number of benzene rings is 1. The molecule has 0 fully saturated rings. The molecule has 0 aliphatic rings. The molecule has 0 atom stereocenters. The van der Waals surface area contributed by atoms with Gasteiger partial charge in [0.15, 0.2) is 0 Å². The molecule has 6 nitrogen and oxygen atoms in total. The van der Waals surface area contributed by atoms with Gasteiger partial charge >= 0.3 is 12.6 Å². The molecule has 0 saturated carbocycles. The molecule has 0 bridgehead atoms. The topological polar surface area (TPSA) is 92.2 Å². The third-order valence-electron chi connectivity index (χ3n) is 4.45. The zero-order valence-corrected chi connectivity index (χ0v) is 17.4. The first-order valence-electron chi connectivity index (χ1n) is 9.19. The van der Waals surface area contributed by atoms with E-state index in [1.807, 2.05) is 6.07 Å². The first-order chi connectivity index (χ1) is 14.1. The lowest BCUT2D eigenvalue weighted by atomic mass is 9.97. The van der Waals surface area contributed by atoms with Crippen LogP contribution in [0.15, 0.2) is 17.7 Å². The van der Waals surface area contributed by atoms with Gasteiger partial charge in [-0.25, -0.2) is 4.79 Å². The molecule has 0 radical (unpaired) electrons. The molecular weight excluding hydrogens is 394 g/mol. The number of Topliss-reactive ketones (excluding diaryl/α,β-unsaturated/α-hetero) is 1. The van der Waals surface area contributed by atoms with Crippen molar-refractivity contribution in [2.75, 3.05) is 6.61 Å². The van der Waals surface area contributed by atoms with E-state index in [2.05, 4.69) is 9.72 Å². The van der Waals surface area contributed by atoms with Crippen LogP contribution in [0, 0.1) is 39.0 Å². The lowest BCUT2D eigenvalue weighted by molar-refractivity contribution is -0.0507. The van der Waals surface area contributed by atoms with Gasteiger partial charge in [0, 0.05) is 11.4 Å². The van der Waals surface area contributed by atoms with Crippen LogP contribution in [0.3, 0.4) is 0 Å². The molecule has 0 saturated heterocycles. The van der Waals surface area contributed by atoms with Crippen LogP contribution in [-0.2, 0) is 4.74 Å². The molecule has 0 amide bonds. The molecule has 158 valence electrons. The number of nitrogens with one attached hydrogen (secondary N) is 1. The number of H-pyrrole nitrogens is 1. The second-order valence-electron chi connectivity index (χ2n) is 6.71. The second kappa shape index (κ2) is 9.35. The van der Waals surface area contributed by atoms with Gasteiger partial charge in [-0.15, -0.1) is 0 Å². The van der Waals surface area contributed by atoms with Crippen molar-refractivity contribution in [3.63, 3.8) is 0 Å². The van der Waals surface area contributed by atoms with E-state index < -0.39 is 18.4 Å². The molecule has 1 aromatic carbocycles. The third kappa shape index (κ3) is 4.74. The van der Waals surface area contributed by atoms with E-state index in [4.69, 9.17) is 4.74 Å². The standard InChI is InChI=1S/C22H22F2N2O4/c1-6-29-21(28)18-14(5)26-13(4)17(18)19(27)16(10-25)9-15-7-11(2)20(12(3)8-15)30-22(23)24/h7-9,22,26H,6H2,1-5H3/b16-9+. The van der Waals surface area contributed by atoms with E-state index in [1.165, 1.54) is 18.2 Å². The predicted octanol–water partition coefficient (Wildman–Crippen LogP) is 4.82. The van der Waals surface area contributed by atoms with E-state index in [-0.39, 0.29) is 29.1 Å². The van der Waals surface area contributed by atoms with Crippen molar-refractivity contribution in [1.82, 2.24) is 4.98 Å². The summed E-state index contributed by atoms with van der Waals surface area (Å²) in [6.45, 7) is 5.29. The minimum atomic E-state index is -2.96. The summed E-state index contributed by atoms with van der Waals surface area (Å²) in [5.74, 6) is -1.24. The number of carbonyl (C=O) groups excluding carboxylic acids is 2. The van der Waals surface area contributed by atoms with E-state index in [0.717, 1.165) is 0 Å². The summed E-state index contributed by atoms with van der Waals surface area (Å²) >= 11 is 0. The molecule has 0 spiro atoms. The molecule has 0 unspecified atom stereocenters. The number of hydrogen-bond acceptors (Lipinski definition) is 5. The number of esters is 1. The molecule has 0 aliphatic heterocycles. The zero-order chi connectivity index (χ0) is 22.6. The molecule has 2 aromatic rings. The summed E-state index contributed by atoms with van der Waals surface area (Å²) in [6, 6.07) is 4.94. The summed E-state index contributed by atoms with van der Waals surface area (Å²) in [6.07, 6.45) is 1.35. The summed E-state index contributed by atoms with van der Waals surface area (Å²) in [5.41, 5.74) is 2.21. The van der Waals surface area contributed by atoms with Crippen molar-refractivity contribution in [1.29, 1.82) is 5.26 Å². The Hall–Kier alpha value is -3.47. The quantitative estimate of drug-likeness (QED) is 0.302. The van der Waals surface area contributed by atoms with Gasteiger partial charge in [-0.1, -0.05) is 0 Å². The van der Waals surface area contributed by atoms with Crippen LogP contribution in [0.1, 0.15) is 55.7 Å². The number of rotatable bonds is 7. The maximum Gasteiger partial charge on any atom is 0.387 e. The lowest BCUT2D eigenvalue weighted by Crippen LogP contribution is -2.13. The molecule has 30 heavy (non-hydrogen) atoms.